The molecule has 2 heterocycles. The van der Waals surface area contributed by atoms with E-state index in [9.17, 15) is 18.8 Å². The molecule has 5 rings (SSSR count). The summed E-state index contributed by atoms with van der Waals surface area (Å²) in [5.41, 5.74) is 7.17. The van der Waals surface area contributed by atoms with Crippen molar-refractivity contribution in [2.75, 3.05) is 0 Å². The lowest BCUT2D eigenvalue weighted by Crippen LogP contribution is -2.43. The minimum absolute atomic E-state index is 0.0289. The first kappa shape index (κ1) is 22.5. The van der Waals surface area contributed by atoms with Gasteiger partial charge < -0.3 is 0 Å². The topological polar surface area (TPSA) is 111 Å². The average molecular weight is 474 g/mol. The average Bonchev–Trinajstić information content (AvgIpc) is 3.28. The van der Waals surface area contributed by atoms with Gasteiger partial charge in [0.05, 0.1) is 11.1 Å². The van der Waals surface area contributed by atoms with Gasteiger partial charge in [-0.3, -0.25) is 25.2 Å². The van der Waals surface area contributed by atoms with Crippen LogP contribution in [0.5, 0.6) is 0 Å². The van der Waals surface area contributed by atoms with Crippen LogP contribution in [0.2, 0.25) is 0 Å². The van der Waals surface area contributed by atoms with Crippen molar-refractivity contribution in [3.8, 4) is 5.69 Å². The van der Waals surface area contributed by atoms with Crippen molar-refractivity contribution in [3.63, 3.8) is 0 Å². The quantitative estimate of drug-likeness (QED) is 0.442. The van der Waals surface area contributed by atoms with E-state index in [1.165, 1.54) is 16.8 Å². The highest BCUT2D eigenvalue weighted by Crippen LogP contribution is 2.27. The number of hydrogen-bond acceptors (Lipinski definition) is 5. The molecule has 1 aliphatic carbocycles. The van der Waals surface area contributed by atoms with Crippen LogP contribution in [0, 0.1) is 5.82 Å². The molecule has 178 valence electrons. The summed E-state index contributed by atoms with van der Waals surface area (Å²) in [6, 6.07) is 12.6. The number of carbonyl (C=O) groups is 2. The molecule has 2 N–H and O–H groups in total. The molecule has 4 aromatic rings. The number of nitrogens with one attached hydrogen (secondary N) is 2. The number of amides is 2. The molecule has 0 spiro atoms. The van der Waals surface area contributed by atoms with Crippen molar-refractivity contribution < 1.29 is 14.0 Å². The highest BCUT2D eigenvalue weighted by atomic mass is 19.1. The Morgan fingerprint density at radius 1 is 0.914 bits per heavy atom. The van der Waals surface area contributed by atoms with E-state index >= 15 is 0 Å². The fourth-order valence-corrected chi connectivity index (χ4v) is 4.43. The molecule has 10 heteroatoms. The lowest BCUT2D eigenvalue weighted by atomic mass is 9.95. The van der Waals surface area contributed by atoms with Gasteiger partial charge in [-0.25, -0.2) is 13.8 Å². The molecule has 0 saturated carbocycles. The van der Waals surface area contributed by atoms with Gasteiger partial charge in [-0.05, 0) is 62.9 Å². The second kappa shape index (κ2) is 9.13. The maximum Gasteiger partial charge on any atom is 0.290 e. The van der Waals surface area contributed by atoms with E-state index in [4.69, 9.17) is 0 Å². The Kier molecular flexibility index (Phi) is 5.86. The first-order valence-electron chi connectivity index (χ1n) is 11.4. The van der Waals surface area contributed by atoms with Crippen molar-refractivity contribution in [2.24, 2.45) is 0 Å². The predicted molar refractivity (Wildman–Crippen MR) is 127 cm³/mol. The van der Waals surface area contributed by atoms with Crippen LogP contribution in [0.1, 0.15) is 52.0 Å². The molecule has 0 bridgehead atoms. The molecule has 0 radical (unpaired) electrons. The lowest BCUT2D eigenvalue weighted by molar-refractivity contribution is 0.0840. The summed E-state index contributed by atoms with van der Waals surface area (Å²) < 4.78 is 16.3. The van der Waals surface area contributed by atoms with Crippen LogP contribution in [0.25, 0.3) is 16.5 Å². The van der Waals surface area contributed by atoms with Crippen molar-refractivity contribution in [1.29, 1.82) is 0 Å². The van der Waals surface area contributed by atoms with E-state index in [1.807, 2.05) is 0 Å². The maximum atomic E-state index is 13.4. The van der Waals surface area contributed by atoms with Crippen LogP contribution in [0.4, 0.5) is 4.39 Å². The number of hydrogen-bond donors (Lipinski definition) is 2. The summed E-state index contributed by atoms with van der Waals surface area (Å²) in [6.45, 7) is 2.05. The van der Waals surface area contributed by atoms with Gasteiger partial charge in [0.15, 0.2) is 11.4 Å². The summed E-state index contributed by atoms with van der Waals surface area (Å²) in [5, 5.41) is 9.45. The van der Waals surface area contributed by atoms with Crippen molar-refractivity contribution >= 4 is 22.6 Å². The number of benzene rings is 2. The van der Waals surface area contributed by atoms with Crippen molar-refractivity contribution in [2.45, 2.75) is 39.2 Å². The predicted octanol–water partition coefficient (Wildman–Crippen LogP) is 2.69. The molecule has 0 aliphatic heterocycles. The summed E-state index contributed by atoms with van der Waals surface area (Å²) >= 11 is 0. The number of aryl methyl sites for hydroxylation is 1. The molecule has 0 fully saturated rings. The number of hydrazine groups is 1. The number of fused-ring (bicyclic) bond motifs is 2. The normalized spacial score (nSPS) is 12.9. The third-order valence-corrected chi connectivity index (χ3v) is 6.14. The van der Waals surface area contributed by atoms with E-state index in [0.29, 0.717) is 29.4 Å². The van der Waals surface area contributed by atoms with E-state index in [1.54, 1.807) is 48.0 Å². The van der Waals surface area contributed by atoms with Gasteiger partial charge in [0.25, 0.3) is 17.4 Å². The third-order valence-electron chi connectivity index (χ3n) is 6.14. The molecular weight excluding hydrogens is 451 g/mol. The molecule has 0 saturated heterocycles. The number of halogens is 1. The van der Waals surface area contributed by atoms with Crippen LogP contribution in [0.3, 0.4) is 0 Å². The van der Waals surface area contributed by atoms with Gasteiger partial charge in [0, 0.05) is 23.2 Å². The Labute approximate surface area is 199 Å². The second-order valence-corrected chi connectivity index (χ2v) is 8.29. The summed E-state index contributed by atoms with van der Waals surface area (Å²) in [6.07, 6.45) is 3.31. The molecule has 1 aliphatic rings. The van der Waals surface area contributed by atoms with Crippen LogP contribution >= 0.6 is 0 Å². The minimum atomic E-state index is -0.649. The van der Waals surface area contributed by atoms with E-state index < -0.39 is 11.8 Å². The number of aromatic nitrogens is 4. The smallest absolute Gasteiger partial charge is 0.267 e. The Hall–Kier alpha value is -4.34. The van der Waals surface area contributed by atoms with Crippen LogP contribution in [-0.4, -0.2) is 31.4 Å². The van der Waals surface area contributed by atoms with Gasteiger partial charge in [0.2, 0.25) is 0 Å². The van der Waals surface area contributed by atoms with Gasteiger partial charge in [-0.1, -0.05) is 18.2 Å². The first-order valence-corrected chi connectivity index (χ1v) is 11.4. The van der Waals surface area contributed by atoms with Gasteiger partial charge >= 0.3 is 0 Å². The molecule has 0 unspecified atom stereocenters. The zero-order chi connectivity index (χ0) is 24.5. The molecule has 2 amide bonds. The van der Waals surface area contributed by atoms with E-state index in [0.717, 1.165) is 30.5 Å². The molecular formula is C25H23FN6O3. The Bertz CT molecular complexity index is 1510. The highest BCUT2D eigenvalue weighted by Gasteiger charge is 2.26. The van der Waals surface area contributed by atoms with E-state index in [-0.39, 0.29) is 22.8 Å². The molecule has 0 atom stereocenters. The maximum absolute atomic E-state index is 13.4. The molecule has 2 aromatic carbocycles. The van der Waals surface area contributed by atoms with Crippen LogP contribution in [-0.2, 0) is 19.4 Å². The first-order chi connectivity index (χ1) is 17.0. The summed E-state index contributed by atoms with van der Waals surface area (Å²) in [4.78, 5) is 38.5. The molecule has 35 heavy (non-hydrogen) atoms. The Morgan fingerprint density at radius 2 is 1.57 bits per heavy atom. The second-order valence-electron chi connectivity index (χ2n) is 8.29. The SMILES string of the molecule is CCn1nc(C(=O)NNC(=O)c2nn(-c3ccc(F)cc3)c3c2CCCC3)c2ccccc2c1=O. The fraction of sp³-hybridized carbons (Fsp3) is 0.240. The van der Waals surface area contributed by atoms with E-state index in [2.05, 4.69) is 21.0 Å². The minimum Gasteiger partial charge on any atom is -0.267 e. The van der Waals surface area contributed by atoms with Crippen molar-refractivity contribution in [1.82, 2.24) is 30.4 Å². The monoisotopic (exact) mass is 474 g/mol. The third kappa shape index (κ3) is 4.07. The highest BCUT2D eigenvalue weighted by molar-refractivity contribution is 6.06. The number of carbonyl (C=O) groups excluding carboxylic acids is 2. The summed E-state index contributed by atoms with van der Waals surface area (Å²) in [7, 11) is 0. The zero-order valence-corrected chi connectivity index (χ0v) is 19.0. The Morgan fingerprint density at radius 3 is 2.29 bits per heavy atom. The zero-order valence-electron chi connectivity index (χ0n) is 19.0. The van der Waals surface area contributed by atoms with Gasteiger partial charge in [-0.2, -0.15) is 10.2 Å². The summed E-state index contributed by atoms with van der Waals surface area (Å²) in [5.74, 6) is -1.57. The molecule has 9 nitrogen and oxygen atoms in total. The lowest BCUT2D eigenvalue weighted by Gasteiger charge is -2.14. The Balaban J connectivity index is 1.43. The number of rotatable bonds is 4. The van der Waals surface area contributed by atoms with Gasteiger partial charge in [0.1, 0.15) is 5.82 Å². The molecule has 2 aromatic heterocycles. The fourth-order valence-electron chi connectivity index (χ4n) is 4.43. The largest absolute Gasteiger partial charge is 0.290 e. The van der Waals surface area contributed by atoms with Crippen LogP contribution < -0.4 is 16.4 Å². The van der Waals surface area contributed by atoms with Crippen molar-refractivity contribution in [3.05, 3.63) is 87.3 Å². The van der Waals surface area contributed by atoms with Crippen LogP contribution in [0.15, 0.2) is 53.3 Å². The van der Waals surface area contributed by atoms with Gasteiger partial charge in [-0.15, -0.1) is 0 Å². The standard InChI is InChI=1S/C25H23FN6O3/c1-2-31-25(35)18-8-4-3-7-17(18)21(29-31)23(33)27-28-24(34)22-19-9-5-6-10-20(19)32(30-22)16-13-11-15(26)12-14-16/h3-4,7-8,11-14H,2,5-6,9-10H2,1H3,(H,27,33)(H,28,34). The number of nitrogens with zero attached hydrogens (tertiary/aromatic N) is 4.